The summed E-state index contributed by atoms with van der Waals surface area (Å²) in [4.78, 5) is 5.20. The highest BCUT2D eigenvalue weighted by Gasteiger charge is 2.56. The van der Waals surface area contributed by atoms with Crippen molar-refractivity contribution < 1.29 is 8.83 Å². The van der Waals surface area contributed by atoms with Crippen molar-refractivity contribution in [2.45, 2.75) is 5.41 Å². The van der Waals surface area contributed by atoms with E-state index in [1.54, 1.807) is 0 Å². The number of para-hydroxylation sites is 8. The van der Waals surface area contributed by atoms with Crippen molar-refractivity contribution >= 4 is 168 Å². The number of nitrogens with zero attached hydrogens (tertiary/aromatic N) is 4. The van der Waals surface area contributed by atoms with Gasteiger partial charge in [-0.25, -0.2) is 0 Å². The summed E-state index contributed by atoms with van der Waals surface area (Å²) in [6, 6.07) is 132. The quantitative estimate of drug-likeness (QED) is 0.156. The summed E-state index contributed by atoms with van der Waals surface area (Å²) in [6.45, 7) is -0.179. The summed E-state index contributed by atoms with van der Waals surface area (Å²) in [5.41, 5.74) is 33.4. The standard InChI is InChI=1S/C97H58B2N4O2/c1-5-25-59(26-6-1)98-77-37-17-21-41-83(77)102(61-29-9-3-10-30-61)93-79(98)53-51-75-89(93)71-57-63(100-81-39-19-13-35-69(81)91-85(100)55-47-67-65-33-15-23-43-87(65)104-95(67)91)45-49-73(71)97(75)74-50-46-64(101-82-40-20-14-36-70(82)92-86(101)56-48-68-66-34-16-24-44-88(66)105-96(68)92)58-72(74)90-76(97)52-54-80-94(90)103(62-31-11-4-12-32-62)84-42-22-18-38-78(84)99(80)60-27-7-2-8-28-60/h1-58H. The minimum Gasteiger partial charge on any atom is -0.455 e. The van der Waals surface area contributed by atoms with Crippen LogP contribution in [0, 0.1) is 0 Å². The zero-order valence-corrected chi connectivity index (χ0v) is 56.7. The number of hydrogen-bond acceptors (Lipinski definition) is 4. The van der Waals surface area contributed by atoms with Gasteiger partial charge < -0.3 is 27.8 Å². The highest BCUT2D eigenvalue weighted by molar-refractivity contribution is 6.99. The van der Waals surface area contributed by atoms with E-state index in [-0.39, 0.29) is 13.4 Å². The third kappa shape index (κ3) is 7.54. The first-order chi connectivity index (χ1) is 52.2. The zero-order chi connectivity index (χ0) is 68.3. The molecule has 0 atom stereocenters. The fraction of sp³-hybridized carbons (Fsp3) is 0.0103. The molecule has 4 aliphatic rings. The Morgan fingerprint density at radius 1 is 0.257 bits per heavy atom. The Morgan fingerprint density at radius 3 is 1.08 bits per heavy atom. The number of anilines is 6. The zero-order valence-electron chi connectivity index (χ0n) is 56.7. The number of rotatable bonds is 6. The van der Waals surface area contributed by atoms with E-state index in [1.807, 2.05) is 0 Å². The molecule has 1 spiro atoms. The van der Waals surface area contributed by atoms with Crippen molar-refractivity contribution in [2.24, 2.45) is 0 Å². The first-order valence-corrected chi connectivity index (χ1v) is 36.5. The lowest BCUT2D eigenvalue weighted by molar-refractivity contribution is 0.672. The molecule has 0 saturated carbocycles. The van der Waals surface area contributed by atoms with Gasteiger partial charge in [0.1, 0.15) is 22.3 Å². The highest BCUT2D eigenvalue weighted by atomic mass is 16.3. The second-order valence-electron chi connectivity index (χ2n) is 28.8. The van der Waals surface area contributed by atoms with E-state index in [1.165, 1.54) is 88.7 Å². The maximum atomic E-state index is 6.97. The van der Waals surface area contributed by atoms with E-state index in [4.69, 9.17) is 8.83 Å². The minimum absolute atomic E-state index is 0.0893. The Bertz CT molecular complexity index is 6710. The predicted octanol–water partition coefficient (Wildman–Crippen LogP) is 20.6. The predicted molar refractivity (Wildman–Crippen MR) is 438 cm³/mol. The second-order valence-corrected chi connectivity index (χ2v) is 28.8. The molecule has 24 rings (SSSR count). The van der Waals surface area contributed by atoms with Crippen LogP contribution in [-0.4, -0.2) is 22.6 Å². The molecule has 484 valence electrons. The van der Waals surface area contributed by atoms with Gasteiger partial charge in [-0.05, 0) is 164 Å². The van der Waals surface area contributed by atoms with Crippen LogP contribution in [0.3, 0.4) is 0 Å². The van der Waals surface area contributed by atoms with E-state index in [0.717, 1.165) is 122 Å². The van der Waals surface area contributed by atoms with Gasteiger partial charge in [-0.1, -0.05) is 254 Å². The molecule has 8 heteroatoms. The van der Waals surface area contributed by atoms with E-state index >= 15 is 0 Å². The molecule has 20 aromatic rings. The maximum absolute atomic E-state index is 6.97. The van der Waals surface area contributed by atoms with Crippen molar-refractivity contribution in [2.75, 3.05) is 9.80 Å². The summed E-state index contributed by atoms with van der Waals surface area (Å²) in [5.74, 6) is 0. The van der Waals surface area contributed by atoms with E-state index < -0.39 is 5.41 Å². The van der Waals surface area contributed by atoms with Gasteiger partial charge in [0.2, 0.25) is 13.4 Å². The number of fused-ring (bicyclic) bond motifs is 30. The molecule has 2 aliphatic carbocycles. The van der Waals surface area contributed by atoms with Crippen LogP contribution < -0.4 is 42.6 Å². The fourth-order valence-electron chi connectivity index (χ4n) is 19.8. The van der Waals surface area contributed by atoms with Gasteiger partial charge in [-0.15, -0.1) is 0 Å². The van der Waals surface area contributed by atoms with Crippen molar-refractivity contribution in [3.05, 3.63) is 374 Å². The average Bonchev–Trinajstić information content (AvgIpc) is 1.49. The first kappa shape index (κ1) is 57.1. The summed E-state index contributed by atoms with van der Waals surface area (Å²) >= 11 is 0. The monoisotopic (exact) mass is 1330 g/mol. The van der Waals surface area contributed by atoms with Gasteiger partial charge >= 0.3 is 0 Å². The molecular weight excluding hydrogens is 1270 g/mol. The highest BCUT2D eigenvalue weighted by Crippen LogP contribution is 2.67. The molecule has 0 N–H and O–H groups in total. The molecule has 16 aromatic carbocycles. The Kier molecular flexibility index (Phi) is 11.6. The second kappa shape index (κ2) is 21.3. The first-order valence-electron chi connectivity index (χ1n) is 36.5. The van der Waals surface area contributed by atoms with Crippen LogP contribution in [0.5, 0.6) is 0 Å². The van der Waals surface area contributed by atoms with Crippen molar-refractivity contribution in [1.29, 1.82) is 0 Å². The molecular formula is C97H58B2N4O2. The average molecular weight is 1330 g/mol. The molecule has 0 bridgehead atoms. The van der Waals surface area contributed by atoms with Crippen LogP contribution in [0.25, 0.3) is 121 Å². The summed E-state index contributed by atoms with van der Waals surface area (Å²) in [6.07, 6.45) is 0. The molecule has 0 radical (unpaired) electrons. The molecule has 2 aliphatic heterocycles. The van der Waals surface area contributed by atoms with E-state index in [2.05, 4.69) is 371 Å². The van der Waals surface area contributed by atoms with Gasteiger partial charge in [0.05, 0.1) is 38.3 Å². The SMILES string of the molecule is c1ccc(B2c3ccccc3N(c3ccccc3)c3c2ccc2c3-c3cc(-n4c5ccccc5c5c6oc7ccccc7c6ccc54)ccc3C23c2ccc(-n4c5ccccc5c5c6oc7ccccc7c6ccc54)cc2-c2c3ccc3c2N(c2ccccc2)c2ccccc2B3c2ccccc2)cc1. The number of hydrogen-bond donors (Lipinski definition) is 0. The molecule has 105 heavy (non-hydrogen) atoms. The maximum Gasteiger partial charge on any atom is 0.246 e. The van der Waals surface area contributed by atoms with E-state index in [0.29, 0.717) is 0 Å². The molecule has 0 unspecified atom stereocenters. The van der Waals surface area contributed by atoms with Crippen molar-refractivity contribution in [3.8, 4) is 33.6 Å². The Labute approximate surface area is 604 Å². The number of aromatic nitrogens is 2. The molecule has 0 saturated heterocycles. The summed E-state index contributed by atoms with van der Waals surface area (Å²) in [5, 5.41) is 8.96. The van der Waals surface area contributed by atoms with Crippen LogP contribution in [0.15, 0.2) is 361 Å². The van der Waals surface area contributed by atoms with Crippen molar-refractivity contribution in [1.82, 2.24) is 9.13 Å². The topological polar surface area (TPSA) is 42.6 Å². The normalized spacial score (nSPS) is 13.7. The van der Waals surface area contributed by atoms with Crippen LogP contribution >= 0.6 is 0 Å². The lowest BCUT2D eigenvalue weighted by Crippen LogP contribution is -2.57. The number of furan rings is 2. The smallest absolute Gasteiger partial charge is 0.246 e. The third-order valence-electron chi connectivity index (χ3n) is 23.8. The largest absolute Gasteiger partial charge is 0.455 e. The number of benzene rings is 16. The van der Waals surface area contributed by atoms with E-state index in [9.17, 15) is 0 Å². The van der Waals surface area contributed by atoms with Gasteiger partial charge in [0.15, 0.2) is 0 Å². The van der Waals surface area contributed by atoms with Crippen LogP contribution in [-0.2, 0) is 5.41 Å². The Hall–Kier alpha value is -13.6. The lowest BCUT2D eigenvalue weighted by atomic mass is 9.35. The Morgan fingerprint density at radius 2 is 0.629 bits per heavy atom. The molecule has 6 heterocycles. The van der Waals surface area contributed by atoms with Crippen LogP contribution in [0.2, 0.25) is 0 Å². The fourth-order valence-corrected chi connectivity index (χ4v) is 19.8. The Balaban J connectivity index is 0.861. The molecule has 0 amide bonds. The summed E-state index contributed by atoms with van der Waals surface area (Å²) < 4.78 is 18.9. The van der Waals surface area contributed by atoms with Gasteiger partial charge in [0.25, 0.3) is 0 Å². The molecule has 6 nitrogen and oxygen atoms in total. The van der Waals surface area contributed by atoms with Gasteiger partial charge in [0, 0.05) is 88.9 Å². The van der Waals surface area contributed by atoms with Crippen LogP contribution in [0.1, 0.15) is 22.3 Å². The molecule has 4 aromatic heterocycles. The lowest BCUT2D eigenvalue weighted by Gasteiger charge is -2.40. The van der Waals surface area contributed by atoms with Gasteiger partial charge in [-0.3, -0.25) is 0 Å². The third-order valence-corrected chi connectivity index (χ3v) is 23.8. The van der Waals surface area contributed by atoms with Crippen LogP contribution in [0.4, 0.5) is 34.1 Å². The van der Waals surface area contributed by atoms with Crippen molar-refractivity contribution in [3.63, 3.8) is 0 Å². The minimum atomic E-state index is -0.887. The summed E-state index contributed by atoms with van der Waals surface area (Å²) in [7, 11) is 0. The molecule has 0 fully saturated rings. The van der Waals surface area contributed by atoms with Gasteiger partial charge in [-0.2, -0.15) is 0 Å².